The number of halogens is 1. The third kappa shape index (κ3) is 1.52. The fourth-order valence-corrected chi connectivity index (χ4v) is 2.66. The van der Waals surface area contributed by atoms with E-state index in [9.17, 15) is 0 Å². The second-order valence-corrected chi connectivity index (χ2v) is 4.45. The van der Waals surface area contributed by atoms with Crippen molar-refractivity contribution < 1.29 is 0 Å². The molecule has 0 bridgehead atoms. The van der Waals surface area contributed by atoms with Gasteiger partial charge in [0, 0.05) is 0 Å². The van der Waals surface area contributed by atoms with Gasteiger partial charge < -0.3 is 0 Å². The van der Waals surface area contributed by atoms with Crippen LogP contribution in [0.2, 0.25) is 5.28 Å². The van der Waals surface area contributed by atoms with Crippen LogP contribution in [0.1, 0.15) is 30.0 Å². The average molecular weight is 234 g/mol. The van der Waals surface area contributed by atoms with E-state index in [1.165, 1.54) is 17.5 Å². The Bertz CT molecular complexity index is 506. The van der Waals surface area contributed by atoms with E-state index in [4.69, 9.17) is 11.6 Å². The summed E-state index contributed by atoms with van der Waals surface area (Å²) in [7, 11) is 0. The predicted molar refractivity (Wildman–Crippen MR) is 62.6 cm³/mol. The highest BCUT2D eigenvalue weighted by atomic mass is 35.5. The van der Waals surface area contributed by atoms with Gasteiger partial charge in [0.25, 0.3) is 0 Å². The van der Waals surface area contributed by atoms with Crippen molar-refractivity contribution in [2.24, 2.45) is 0 Å². The second-order valence-electron chi connectivity index (χ2n) is 4.11. The Morgan fingerprint density at radius 2 is 2.19 bits per heavy atom. The molecular weight excluding hydrogens is 222 g/mol. The zero-order valence-electron chi connectivity index (χ0n) is 8.81. The molecule has 0 radical (unpaired) electrons. The first kappa shape index (κ1) is 9.85. The molecule has 1 atom stereocenters. The van der Waals surface area contributed by atoms with Crippen LogP contribution in [0.25, 0.3) is 0 Å². The first-order valence-corrected chi connectivity index (χ1v) is 5.87. The molecule has 3 rings (SSSR count). The third-order valence-corrected chi connectivity index (χ3v) is 3.47. The summed E-state index contributed by atoms with van der Waals surface area (Å²) in [4.78, 5) is 0. The molecule has 0 amide bonds. The minimum Gasteiger partial charge on any atom is -0.297 e. The summed E-state index contributed by atoms with van der Waals surface area (Å²) < 4.78 is 1.96. The summed E-state index contributed by atoms with van der Waals surface area (Å²) in [5, 5.41) is 8.17. The Kier molecular flexibility index (Phi) is 2.40. The summed E-state index contributed by atoms with van der Waals surface area (Å²) in [5.74, 6) is 0. The van der Waals surface area contributed by atoms with Crippen molar-refractivity contribution in [1.82, 2.24) is 14.8 Å². The van der Waals surface area contributed by atoms with Gasteiger partial charge >= 0.3 is 0 Å². The Morgan fingerprint density at radius 1 is 1.31 bits per heavy atom. The number of rotatable bonds is 1. The van der Waals surface area contributed by atoms with E-state index in [1.54, 1.807) is 6.33 Å². The summed E-state index contributed by atoms with van der Waals surface area (Å²) in [6.07, 6.45) is 5.17. The molecule has 0 saturated carbocycles. The van der Waals surface area contributed by atoms with Gasteiger partial charge in [-0.15, -0.1) is 10.2 Å². The van der Waals surface area contributed by atoms with Crippen LogP contribution in [-0.4, -0.2) is 14.8 Å². The molecule has 3 nitrogen and oxygen atoms in total. The Labute approximate surface area is 99.1 Å². The van der Waals surface area contributed by atoms with Gasteiger partial charge in [-0.1, -0.05) is 24.3 Å². The summed E-state index contributed by atoms with van der Waals surface area (Å²) >= 11 is 6.03. The molecule has 0 saturated heterocycles. The van der Waals surface area contributed by atoms with Crippen LogP contribution in [0.5, 0.6) is 0 Å². The Balaban J connectivity index is 2.08. The van der Waals surface area contributed by atoms with Gasteiger partial charge in [-0.3, -0.25) is 4.57 Å². The van der Waals surface area contributed by atoms with E-state index in [0.29, 0.717) is 11.3 Å². The van der Waals surface area contributed by atoms with Gasteiger partial charge in [0.2, 0.25) is 5.28 Å². The quantitative estimate of drug-likeness (QED) is 0.758. The fraction of sp³-hybridized carbons (Fsp3) is 0.333. The highest BCUT2D eigenvalue weighted by molar-refractivity contribution is 6.28. The van der Waals surface area contributed by atoms with Crippen LogP contribution in [0.15, 0.2) is 30.6 Å². The molecule has 1 unspecified atom stereocenters. The van der Waals surface area contributed by atoms with Crippen LogP contribution in [-0.2, 0) is 6.42 Å². The van der Waals surface area contributed by atoms with Crippen molar-refractivity contribution in [3.63, 3.8) is 0 Å². The number of nitrogens with zero attached hydrogens (tertiary/aromatic N) is 3. The molecule has 1 aliphatic rings. The van der Waals surface area contributed by atoms with Crippen molar-refractivity contribution in [3.8, 4) is 0 Å². The lowest BCUT2D eigenvalue weighted by atomic mass is 9.88. The largest absolute Gasteiger partial charge is 0.297 e. The molecule has 16 heavy (non-hydrogen) atoms. The van der Waals surface area contributed by atoms with E-state index in [0.717, 1.165) is 12.8 Å². The van der Waals surface area contributed by atoms with Crippen LogP contribution in [0, 0.1) is 0 Å². The minimum atomic E-state index is 0.299. The van der Waals surface area contributed by atoms with Crippen LogP contribution in [0.4, 0.5) is 0 Å². The van der Waals surface area contributed by atoms with Crippen molar-refractivity contribution in [3.05, 3.63) is 47.0 Å². The zero-order valence-corrected chi connectivity index (χ0v) is 9.56. The second kappa shape index (κ2) is 3.91. The van der Waals surface area contributed by atoms with Gasteiger partial charge in [0.1, 0.15) is 6.33 Å². The standard InChI is InChI=1S/C12H12ClN3/c13-12-15-14-8-16(12)11-7-3-5-9-4-1-2-6-10(9)11/h1-2,4,6,8,11H,3,5,7H2. The van der Waals surface area contributed by atoms with Crippen molar-refractivity contribution in [2.75, 3.05) is 0 Å². The van der Waals surface area contributed by atoms with Crippen LogP contribution < -0.4 is 0 Å². The van der Waals surface area contributed by atoms with Crippen LogP contribution in [0.3, 0.4) is 0 Å². The smallest absolute Gasteiger partial charge is 0.225 e. The van der Waals surface area contributed by atoms with E-state index in [-0.39, 0.29) is 0 Å². The normalized spacial score (nSPS) is 19.4. The summed E-state index contributed by atoms with van der Waals surface area (Å²) in [6, 6.07) is 8.84. The maximum atomic E-state index is 6.03. The highest BCUT2D eigenvalue weighted by Gasteiger charge is 2.22. The number of aromatic nitrogens is 3. The molecule has 0 fully saturated rings. The molecule has 0 spiro atoms. The first-order valence-electron chi connectivity index (χ1n) is 5.49. The third-order valence-electron chi connectivity index (χ3n) is 3.20. The fourth-order valence-electron chi connectivity index (χ4n) is 2.45. The molecule has 0 N–H and O–H groups in total. The maximum absolute atomic E-state index is 6.03. The van der Waals surface area contributed by atoms with Crippen LogP contribution >= 0.6 is 11.6 Å². The SMILES string of the molecule is Clc1nncn1C1CCCc2ccccc21. The number of benzene rings is 1. The molecule has 82 valence electrons. The molecule has 1 aromatic carbocycles. The Morgan fingerprint density at radius 3 is 3.00 bits per heavy atom. The lowest BCUT2D eigenvalue weighted by Gasteiger charge is -2.26. The first-order chi connectivity index (χ1) is 7.86. The number of hydrogen-bond acceptors (Lipinski definition) is 2. The van der Waals surface area contributed by atoms with Gasteiger partial charge in [-0.05, 0) is 42.0 Å². The Hall–Kier alpha value is -1.35. The van der Waals surface area contributed by atoms with Gasteiger partial charge in [0.15, 0.2) is 0 Å². The average Bonchev–Trinajstić information content (AvgIpc) is 2.75. The highest BCUT2D eigenvalue weighted by Crippen LogP contribution is 2.33. The van der Waals surface area contributed by atoms with E-state index in [1.807, 2.05) is 4.57 Å². The predicted octanol–water partition coefficient (Wildman–Crippen LogP) is 2.86. The lowest BCUT2D eigenvalue weighted by Crippen LogP contribution is -2.16. The topological polar surface area (TPSA) is 30.7 Å². The van der Waals surface area contributed by atoms with Crippen molar-refractivity contribution in [1.29, 1.82) is 0 Å². The molecular formula is C12H12ClN3. The van der Waals surface area contributed by atoms with Gasteiger partial charge in [-0.25, -0.2) is 0 Å². The summed E-state index contributed by atoms with van der Waals surface area (Å²) in [6.45, 7) is 0. The molecule has 4 heteroatoms. The number of hydrogen-bond donors (Lipinski definition) is 0. The molecule has 0 aliphatic heterocycles. The molecule has 2 aromatic rings. The number of fused-ring (bicyclic) bond motifs is 1. The van der Waals surface area contributed by atoms with E-state index >= 15 is 0 Å². The number of aryl methyl sites for hydroxylation is 1. The summed E-state index contributed by atoms with van der Waals surface area (Å²) in [5.41, 5.74) is 2.78. The van der Waals surface area contributed by atoms with Crippen molar-refractivity contribution >= 4 is 11.6 Å². The van der Waals surface area contributed by atoms with Gasteiger partial charge in [0.05, 0.1) is 6.04 Å². The van der Waals surface area contributed by atoms with E-state index in [2.05, 4.69) is 34.5 Å². The minimum absolute atomic E-state index is 0.299. The maximum Gasteiger partial charge on any atom is 0.225 e. The monoisotopic (exact) mass is 233 g/mol. The zero-order chi connectivity index (χ0) is 11.0. The molecule has 1 aliphatic carbocycles. The van der Waals surface area contributed by atoms with E-state index < -0.39 is 0 Å². The molecule has 1 aromatic heterocycles. The van der Waals surface area contributed by atoms with Gasteiger partial charge in [-0.2, -0.15) is 0 Å². The van der Waals surface area contributed by atoms with Crippen molar-refractivity contribution in [2.45, 2.75) is 25.3 Å². The lowest BCUT2D eigenvalue weighted by molar-refractivity contribution is 0.489. The molecule has 1 heterocycles.